The van der Waals surface area contributed by atoms with E-state index in [2.05, 4.69) is 0 Å². The molecular weight excluding hydrogens is 865 g/mol. The smallest absolute Gasteiger partial charge is 0.330 e. The Bertz CT molecular complexity index is 1850. The third-order valence-corrected chi connectivity index (χ3v) is 12.8. The van der Waals surface area contributed by atoms with E-state index < -0.39 is 120 Å². The average Bonchev–Trinajstić information content (AvgIpc) is 3.19. The zero-order valence-corrected chi connectivity index (χ0v) is 40.3. The van der Waals surface area contributed by atoms with Gasteiger partial charge in [0.15, 0.2) is 11.9 Å². The molecular formula is C48H72O18. The Labute approximate surface area is 387 Å². The molecule has 3 saturated heterocycles. The maximum absolute atomic E-state index is 13.7. The van der Waals surface area contributed by atoms with Gasteiger partial charge in [0, 0.05) is 63.0 Å². The fourth-order valence-corrected chi connectivity index (χ4v) is 9.01. The van der Waals surface area contributed by atoms with Gasteiger partial charge in [0.2, 0.25) is 5.79 Å². The molecule has 4 aliphatic rings. The van der Waals surface area contributed by atoms with E-state index in [0.29, 0.717) is 12.0 Å². The van der Waals surface area contributed by atoms with E-state index in [-0.39, 0.29) is 69.3 Å². The molecule has 0 radical (unpaired) electrons. The summed E-state index contributed by atoms with van der Waals surface area (Å²) in [6.07, 6.45) is -4.63. The molecule has 11 atom stereocenters. The van der Waals surface area contributed by atoms with Crippen molar-refractivity contribution in [1.82, 2.24) is 0 Å². The van der Waals surface area contributed by atoms with Crippen LogP contribution in [0.25, 0.3) is 0 Å². The van der Waals surface area contributed by atoms with Gasteiger partial charge >= 0.3 is 35.8 Å². The van der Waals surface area contributed by atoms with Crippen LogP contribution < -0.4 is 0 Å². The summed E-state index contributed by atoms with van der Waals surface area (Å²) in [6.45, 7) is 14.8. The third-order valence-electron chi connectivity index (χ3n) is 12.8. The lowest BCUT2D eigenvalue weighted by Gasteiger charge is -2.54. The van der Waals surface area contributed by atoms with Crippen molar-refractivity contribution in [3.8, 4) is 0 Å². The first kappa shape index (κ1) is 54.4. The van der Waals surface area contributed by atoms with Crippen LogP contribution in [0.5, 0.6) is 0 Å². The summed E-state index contributed by atoms with van der Waals surface area (Å²) in [5.74, 6) is -8.72. The lowest BCUT2D eigenvalue weighted by atomic mass is 9.70. The van der Waals surface area contributed by atoms with Crippen molar-refractivity contribution in [2.45, 2.75) is 199 Å². The zero-order valence-electron chi connectivity index (χ0n) is 40.3. The first-order valence-corrected chi connectivity index (χ1v) is 22.9. The highest BCUT2D eigenvalue weighted by molar-refractivity contribution is 5.83. The number of aliphatic hydroxyl groups excluding tert-OH is 1. The van der Waals surface area contributed by atoms with Crippen LogP contribution in [0.4, 0.5) is 0 Å². The van der Waals surface area contributed by atoms with Crippen molar-refractivity contribution < 1.29 is 86.7 Å². The fourth-order valence-electron chi connectivity index (χ4n) is 9.01. The first-order valence-electron chi connectivity index (χ1n) is 22.9. The summed E-state index contributed by atoms with van der Waals surface area (Å²) >= 11 is 0. The average molecular weight is 937 g/mol. The molecule has 0 aromatic heterocycles. The summed E-state index contributed by atoms with van der Waals surface area (Å²) in [5, 5.41) is 37.1. The normalized spacial score (nSPS) is 34.8. The van der Waals surface area contributed by atoms with Crippen LogP contribution in [0.2, 0.25) is 0 Å². The number of aliphatic hydroxyl groups is 3. The van der Waals surface area contributed by atoms with Gasteiger partial charge in [-0.05, 0) is 44.1 Å². The fraction of sp³-hybridized carbons (Fsp3) is 0.750. The molecule has 4 aliphatic heterocycles. The third kappa shape index (κ3) is 13.9. The van der Waals surface area contributed by atoms with Crippen LogP contribution in [0.15, 0.2) is 35.5 Å². The quantitative estimate of drug-likeness (QED) is 0.116. The van der Waals surface area contributed by atoms with E-state index in [0.717, 1.165) is 13.2 Å². The van der Waals surface area contributed by atoms with Crippen LogP contribution in [-0.2, 0) is 71.4 Å². The minimum Gasteiger partial charge on any atom is -0.466 e. The van der Waals surface area contributed by atoms with Gasteiger partial charge in [0.1, 0.15) is 18.3 Å². The Balaban J connectivity index is 1.92. The first-order chi connectivity index (χ1) is 30.7. The van der Waals surface area contributed by atoms with Gasteiger partial charge in [-0.3, -0.25) is 19.2 Å². The Kier molecular flexibility index (Phi) is 18.7. The molecule has 0 unspecified atom stereocenters. The largest absolute Gasteiger partial charge is 0.466 e. The van der Waals surface area contributed by atoms with E-state index >= 15 is 0 Å². The number of carbonyl (C=O) groups is 6. The number of rotatable bonds is 10. The molecule has 372 valence electrons. The second-order valence-electron chi connectivity index (χ2n) is 19.5. The Morgan fingerprint density at radius 2 is 1.52 bits per heavy atom. The second kappa shape index (κ2) is 22.7. The SMILES string of the molecule is CCCC(=O)O[C@H]1/C(=C/C(=O)OC)C[C@H]2C[C@H]([C@@H](C)OC(C)=O)OC(=O)C[C@H](O)C[C@@H]3C[C@H](OC(=O)CC(C)C)C(C)(C)[C@](O)(C[C@@H]4C/C(=C/C(=O)OC)C[C@H](/C=C\C(C)(C)[C@]1(O)O2)O4)O3. The molecule has 3 N–H and O–H groups in total. The Morgan fingerprint density at radius 1 is 0.848 bits per heavy atom. The number of fused-ring (bicyclic) bond motifs is 6. The predicted molar refractivity (Wildman–Crippen MR) is 233 cm³/mol. The van der Waals surface area contributed by atoms with Gasteiger partial charge in [0.05, 0.1) is 56.6 Å². The second-order valence-corrected chi connectivity index (χ2v) is 19.5. The molecule has 18 heteroatoms. The van der Waals surface area contributed by atoms with Crippen molar-refractivity contribution in [3.05, 3.63) is 35.5 Å². The maximum Gasteiger partial charge on any atom is 0.330 e. The number of cyclic esters (lactones) is 1. The van der Waals surface area contributed by atoms with Crippen molar-refractivity contribution >= 4 is 35.8 Å². The highest BCUT2D eigenvalue weighted by Crippen LogP contribution is 2.50. The van der Waals surface area contributed by atoms with Crippen molar-refractivity contribution in [2.24, 2.45) is 16.7 Å². The van der Waals surface area contributed by atoms with Gasteiger partial charge in [0.25, 0.3) is 0 Å². The molecule has 0 spiro atoms. The topological polar surface area (TPSA) is 246 Å². The molecule has 66 heavy (non-hydrogen) atoms. The molecule has 4 rings (SSSR count). The van der Waals surface area contributed by atoms with Crippen LogP contribution in [-0.4, -0.2) is 132 Å². The molecule has 4 heterocycles. The number of hydrogen-bond acceptors (Lipinski definition) is 18. The molecule has 0 saturated carbocycles. The molecule has 3 fully saturated rings. The summed E-state index contributed by atoms with van der Waals surface area (Å²) in [7, 11) is 2.41. The van der Waals surface area contributed by atoms with Crippen LogP contribution >= 0.6 is 0 Å². The summed E-state index contributed by atoms with van der Waals surface area (Å²) < 4.78 is 52.9. The van der Waals surface area contributed by atoms with Crippen LogP contribution in [0, 0.1) is 16.7 Å². The molecule has 0 aromatic carbocycles. The molecule has 0 amide bonds. The van der Waals surface area contributed by atoms with E-state index in [9.17, 15) is 44.1 Å². The lowest BCUT2D eigenvalue weighted by molar-refractivity contribution is -0.349. The number of esters is 6. The number of carbonyl (C=O) groups excluding carboxylic acids is 6. The summed E-state index contributed by atoms with van der Waals surface area (Å²) in [6, 6.07) is 0. The maximum atomic E-state index is 13.7. The van der Waals surface area contributed by atoms with Gasteiger partial charge in [-0.1, -0.05) is 66.2 Å². The highest BCUT2D eigenvalue weighted by atomic mass is 16.7. The zero-order chi connectivity index (χ0) is 49.4. The molecule has 0 aliphatic carbocycles. The van der Waals surface area contributed by atoms with Crippen molar-refractivity contribution in [2.75, 3.05) is 14.2 Å². The molecule has 18 nitrogen and oxygen atoms in total. The lowest BCUT2D eigenvalue weighted by Crippen LogP contribution is -2.62. The predicted octanol–water partition coefficient (Wildman–Crippen LogP) is 4.76. The molecule has 0 aromatic rings. The monoisotopic (exact) mass is 936 g/mol. The van der Waals surface area contributed by atoms with E-state index in [1.165, 1.54) is 27.0 Å². The summed E-state index contributed by atoms with van der Waals surface area (Å²) in [5.41, 5.74) is -2.05. The number of methoxy groups -OCH3 is 2. The van der Waals surface area contributed by atoms with Gasteiger partial charge < -0.3 is 58.0 Å². The van der Waals surface area contributed by atoms with Gasteiger partial charge in [-0.2, -0.15) is 0 Å². The minimum absolute atomic E-state index is 0.0199. The van der Waals surface area contributed by atoms with Gasteiger partial charge in [-0.15, -0.1) is 0 Å². The van der Waals surface area contributed by atoms with Crippen molar-refractivity contribution in [1.29, 1.82) is 0 Å². The van der Waals surface area contributed by atoms with Gasteiger partial charge in [-0.25, -0.2) is 9.59 Å². The Hall–Kier alpha value is -4.20. The number of ether oxygens (including phenoxy) is 9. The van der Waals surface area contributed by atoms with E-state index in [4.69, 9.17) is 42.6 Å². The Morgan fingerprint density at radius 3 is 2.14 bits per heavy atom. The minimum atomic E-state index is -2.45. The highest BCUT2D eigenvalue weighted by Gasteiger charge is 2.59. The van der Waals surface area contributed by atoms with Crippen LogP contribution in [0.3, 0.4) is 0 Å². The van der Waals surface area contributed by atoms with E-state index in [1.807, 2.05) is 13.8 Å². The van der Waals surface area contributed by atoms with Crippen molar-refractivity contribution in [3.63, 3.8) is 0 Å². The van der Waals surface area contributed by atoms with Crippen LogP contribution in [0.1, 0.15) is 133 Å². The number of hydrogen-bond donors (Lipinski definition) is 3. The van der Waals surface area contributed by atoms with E-state index in [1.54, 1.807) is 46.8 Å². The molecule has 6 bridgehead atoms. The standard InChI is InChI=1S/C48H72O18/c1-12-13-39(51)64-44-31(21-41(53)59-11)20-34-24-37(28(4)60-29(5)49)62-43(55)23-32(50)22-35-25-38(63-42(54)16-27(2)3)46(8,9)47(56,65-35)26-36-18-30(19-40(52)58-10)17-33(61-36)14-15-45(6,7)48(44,57)66-34/h14-15,19,21,27-28,32-38,44,50,56-57H,12-13,16-18,20,22-26H2,1-11H3/b15-14-,30-19+,31-21+/t28-,32-,33+,34+,35-,36+,37-,38+,44+,47+,48-/m1/s1. The summed E-state index contributed by atoms with van der Waals surface area (Å²) in [4.78, 5) is 77.9.